The number of ether oxygens (including phenoxy) is 2. The zero-order valence-electron chi connectivity index (χ0n) is 18.3. The molecule has 2 aromatic rings. The molecule has 9 nitrogen and oxygen atoms in total. The number of benzene rings is 1. The molecule has 1 fully saturated rings. The minimum absolute atomic E-state index is 0. The average molecular weight is 542 g/mol. The lowest BCUT2D eigenvalue weighted by Gasteiger charge is -2.33. The second-order valence-electron chi connectivity index (χ2n) is 7.02. The Balaban J connectivity index is 0.00000341. The quantitative estimate of drug-likeness (QED) is 0.240. The maximum atomic E-state index is 12.0. The Labute approximate surface area is 200 Å². The molecule has 2 N–H and O–H groups in total. The molecule has 1 aromatic carbocycles. The Kier molecular flexibility index (Phi) is 10.0. The number of aromatic amines is 1. The van der Waals surface area contributed by atoms with Crippen LogP contribution in [0.5, 0.6) is 5.75 Å². The number of rotatable bonds is 7. The Bertz CT molecular complexity index is 847. The minimum Gasteiger partial charge on any atom is -0.497 e. The van der Waals surface area contributed by atoms with Crippen molar-refractivity contribution < 1.29 is 14.3 Å². The summed E-state index contributed by atoms with van der Waals surface area (Å²) in [6.45, 7) is 7.00. The number of methoxy groups -OCH3 is 1. The summed E-state index contributed by atoms with van der Waals surface area (Å²) in [4.78, 5) is 23.4. The van der Waals surface area contributed by atoms with E-state index in [4.69, 9.17) is 14.5 Å². The minimum atomic E-state index is -0.0909. The van der Waals surface area contributed by atoms with Crippen molar-refractivity contribution in [3.8, 4) is 17.1 Å². The summed E-state index contributed by atoms with van der Waals surface area (Å²) in [5.41, 5.74) is 0.912. The lowest BCUT2D eigenvalue weighted by Crippen LogP contribution is -2.46. The van der Waals surface area contributed by atoms with Gasteiger partial charge in [0.25, 0.3) is 0 Å². The normalized spacial score (nSPS) is 14.7. The molecule has 1 aliphatic heterocycles. The number of carbonyl (C=O) groups excluding carboxylic acids is 1. The third kappa shape index (κ3) is 6.81. The highest BCUT2D eigenvalue weighted by Gasteiger charge is 2.27. The van der Waals surface area contributed by atoms with Gasteiger partial charge in [-0.15, -0.1) is 24.0 Å². The first kappa shape index (κ1) is 24.9. The summed E-state index contributed by atoms with van der Waals surface area (Å²) < 4.78 is 10.3. The summed E-state index contributed by atoms with van der Waals surface area (Å²) in [6, 6.07) is 7.61. The molecule has 3 rings (SSSR count). The van der Waals surface area contributed by atoms with E-state index in [0.29, 0.717) is 24.8 Å². The third-order valence-electron chi connectivity index (χ3n) is 5.01. The number of piperidine rings is 1. The summed E-state index contributed by atoms with van der Waals surface area (Å²) in [5.74, 6) is 2.82. The molecular weight excluding hydrogens is 511 g/mol. The van der Waals surface area contributed by atoms with Crippen LogP contribution < -0.4 is 10.1 Å². The number of esters is 1. The first-order valence-electron chi connectivity index (χ1n) is 10.4. The highest BCUT2D eigenvalue weighted by Crippen LogP contribution is 2.20. The second kappa shape index (κ2) is 12.5. The van der Waals surface area contributed by atoms with Gasteiger partial charge in [-0.1, -0.05) is 0 Å². The number of aliphatic imine (C=N–C) groups is 1. The number of guanidine groups is 1. The summed E-state index contributed by atoms with van der Waals surface area (Å²) in [7, 11) is 1.64. The largest absolute Gasteiger partial charge is 0.497 e. The number of nitrogens with zero attached hydrogens (tertiary/aromatic N) is 4. The van der Waals surface area contributed by atoms with Crippen molar-refractivity contribution >= 4 is 35.9 Å². The van der Waals surface area contributed by atoms with E-state index in [-0.39, 0.29) is 35.9 Å². The fourth-order valence-corrected chi connectivity index (χ4v) is 3.40. The number of aromatic nitrogens is 3. The number of H-pyrrole nitrogens is 1. The average Bonchev–Trinajstić information content (AvgIpc) is 3.26. The van der Waals surface area contributed by atoms with Crippen LogP contribution in [-0.4, -0.2) is 65.4 Å². The highest BCUT2D eigenvalue weighted by atomic mass is 127. The monoisotopic (exact) mass is 542 g/mol. The standard InChI is InChI=1S/C21H30N6O3.HI/c1-4-22-21(27-12-10-16(11-13-27)20(28)30-5-2)23-14-18-24-19(26-25-18)15-6-8-17(29-3)9-7-15;/h6-9,16H,4-5,10-14H2,1-3H3,(H,22,23)(H,24,25,26);1H. The van der Waals surface area contributed by atoms with Gasteiger partial charge in [-0.25, -0.2) is 9.98 Å². The molecule has 10 heteroatoms. The SMILES string of the molecule is CCNC(=NCc1nc(-c2ccc(OC)cc2)n[nH]1)N1CCC(C(=O)OCC)CC1.I. The van der Waals surface area contributed by atoms with E-state index >= 15 is 0 Å². The second-order valence-corrected chi connectivity index (χ2v) is 7.02. The van der Waals surface area contributed by atoms with Gasteiger partial charge in [0.05, 0.1) is 19.6 Å². The van der Waals surface area contributed by atoms with Crippen molar-refractivity contribution in [2.75, 3.05) is 33.4 Å². The van der Waals surface area contributed by atoms with E-state index in [2.05, 4.69) is 25.4 Å². The fourth-order valence-electron chi connectivity index (χ4n) is 3.40. The first-order valence-corrected chi connectivity index (χ1v) is 10.4. The van der Waals surface area contributed by atoms with E-state index in [1.54, 1.807) is 7.11 Å². The van der Waals surface area contributed by atoms with Crippen LogP contribution >= 0.6 is 24.0 Å². The molecule has 0 atom stereocenters. The molecule has 1 aliphatic rings. The lowest BCUT2D eigenvalue weighted by atomic mass is 9.97. The van der Waals surface area contributed by atoms with Crippen molar-refractivity contribution in [1.82, 2.24) is 25.4 Å². The summed E-state index contributed by atoms with van der Waals surface area (Å²) in [5, 5.41) is 10.6. The smallest absolute Gasteiger partial charge is 0.309 e. The number of carbonyl (C=O) groups is 1. The van der Waals surface area contributed by atoms with E-state index in [9.17, 15) is 4.79 Å². The Morgan fingerprint density at radius 2 is 1.97 bits per heavy atom. The molecule has 1 aromatic heterocycles. The van der Waals surface area contributed by atoms with Gasteiger partial charge in [-0.05, 0) is 51.0 Å². The third-order valence-corrected chi connectivity index (χ3v) is 5.01. The highest BCUT2D eigenvalue weighted by molar-refractivity contribution is 14.0. The van der Waals surface area contributed by atoms with Crippen molar-refractivity contribution in [2.45, 2.75) is 33.2 Å². The maximum absolute atomic E-state index is 12.0. The van der Waals surface area contributed by atoms with Crippen LogP contribution in [0.3, 0.4) is 0 Å². The molecule has 0 unspecified atom stereocenters. The predicted octanol–water partition coefficient (Wildman–Crippen LogP) is 2.84. The molecule has 0 amide bonds. The Hall–Kier alpha value is -2.37. The van der Waals surface area contributed by atoms with Gasteiger partial charge >= 0.3 is 5.97 Å². The van der Waals surface area contributed by atoms with Gasteiger partial charge in [-0.3, -0.25) is 9.89 Å². The molecule has 0 bridgehead atoms. The molecule has 1 saturated heterocycles. The van der Waals surface area contributed by atoms with Crippen LogP contribution in [0.15, 0.2) is 29.3 Å². The van der Waals surface area contributed by atoms with Crippen LogP contribution in [0.25, 0.3) is 11.4 Å². The van der Waals surface area contributed by atoms with Crippen molar-refractivity contribution in [2.24, 2.45) is 10.9 Å². The number of halogens is 1. The predicted molar refractivity (Wildman–Crippen MR) is 130 cm³/mol. The van der Waals surface area contributed by atoms with Crippen LogP contribution in [0.4, 0.5) is 0 Å². The zero-order chi connectivity index (χ0) is 21.3. The van der Waals surface area contributed by atoms with Crippen molar-refractivity contribution in [3.63, 3.8) is 0 Å². The van der Waals surface area contributed by atoms with Crippen LogP contribution in [0, 0.1) is 5.92 Å². The van der Waals surface area contributed by atoms with E-state index in [1.165, 1.54) is 0 Å². The molecule has 0 radical (unpaired) electrons. The number of likely N-dealkylation sites (tertiary alicyclic amines) is 1. The molecule has 0 saturated carbocycles. The fraction of sp³-hybridized carbons (Fsp3) is 0.524. The first-order chi connectivity index (χ1) is 14.6. The van der Waals surface area contributed by atoms with Crippen LogP contribution in [0.1, 0.15) is 32.5 Å². The van der Waals surface area contributed by atoms with E-state index in [1.807, 2.05) is 38.1 Å². The molecular formula is C21H31IN6O3. The van der Waals surface area contributed by atoms with E-state index in [0.717, 1.165) is 49.7 Å². The number of hydrogen-bond donors (Lipinski definition) is 2. The number of hydrogen-bond acceptors (Lipinski definition) is 6. The zero-order valence-corrected chi connectivity index (χ0v) is 20.6. The molecule has 31 heavy (non-hydrogen) atoms. The Morgan fingerprint density at radius 3 is 2.58 bits per heavy atom. The molecule has 0 aliphatic carbocycles. The van der Waals surface area contributed by atoms with Crippen molar-refractivity contribution in [3.05, 3.63) is 30.1 Å². The van der Waals surface area contributed by atoms with Crippen LogP contribution in [0.2, 0.25) is 0 Å². The van der Waals surface area contributed by atoms with Crippen LogP contribution in [-0.2, 0) is 16.1 Å². The summed E-state index contributed by atoms with van der Waals surface area (Å²) >= 11 is 0. The van der Waals surface area contributed by atoms with Crippen molar-refractivity contribution in [1.29, 1.82) is 0 Å². The summed E-state index contributed by atoms with van der Waals surface area (Å²) in [6.07, 6.45) is 1.54. The van der Waals surface area contributed by atoms with Gasteiger partial charge in [0.1, 0.15) is 18.1 Å². The molecule has 0 spiro atoms. The van der Waals surface area contributed by atoms with E-state index < -0.39 is 0 Å². The van der Waals surface area contributed by atoms with Gasteiger partial charge in [0.2, 0.25) is 0 Å². The number of nitrogens with one attached hydrogen (secondary N) is 2. The maximum Gasteiger partial charge on any atom is 0.309 e. The van der Waals surface area contributed by atoms with Gasteiger partial charge < -0.3 is 19.7 Å². The topological polar surface area (TPSA) is 105 Å². The van der Waals surface area contributed by atoms with Gasteiger partial charge in [-0.2, -0.15) is 5.10 Å². The molecule has 2 heterocycles. The van der Waals surface area contributed by atoms with Gasteiger partial charge in [0, 0.05) is 25.2 Å². The van der Waals surface area contributed by atoms with Gasteiger partial charge in [0.15, 0.2) is 11.8 Å². The Morgan fingerprint density at radius 1 is 1.26 bits per heavy atom. The lowest BCUT2D eigenvalue weighted by molar-refractivity contribution is -0.149. The molecule has 170 valence electrons.